The number of alkyl halides is 3. The van der Waals surface area contributed by atoms with Crippen LogP contribution in [0.2, 0.25) is 0 Å². The summed E-state index contributed by atoms with van der Waals surface area (Å²) < 4.78 is 56.8. The van der Waals surface area contributed by atoms with Gasteiger partial charge in [-0.2, -0.15) is 13.2 Å². The Morgan fingerprint density at radius 2 is 1.56 bits per heavy atom. The summed E-state index contributed by atoms with van der Waals surface area (Å²) in [6, 6.07) is 7.55. The van der Waals surface area contributed by atoms with Crippen molar-refractivity contribution >= 4 is 34.7 Å². The Balaban J connectivity index is 1.52. The summed E-state index contributed by atoms with van der Waals surface area (Å²) in [5.41, 5.74) is 6.05. The minimum Gasteiger partial charge on any atom is -0.370 e. The number of carbonyl (C=O) groups is 1. The molecular formula is C27H29F4N7O. The number of nitrogens with zero attached hydrogens (tertiary/aromatic N) is 2. The highest BCUT2D eigenvalue weighted by Gasteiger charge is 2.35. The molecule has 206 valence electrons. The summed E-state index contributed by atoms with van der Waals surface area (Å²) in [5, 5.41) is 20.5. The maximum Gasteiger partial charge on any atom is 0.417 e. The molecule has 2 aliphatic rings. The first-order chi connectivity index (χ1) is 18.5. The number of anilines is 1. The average molecular weight is 544 g/mol. The quantitative estimate of drug-likeness (QED) is 0.223. The molecule has 4 rings (SSSR count). The number of guanidine groups is 2. The molecule has 0 unspecified atom stereocenters. The van der Waals surface area contributed by atoms with Crippen LogP contribution in [0.1, 0.15) is 39.9 Å². The fourth-order valence-electron chi connectivity index (χ4n) is 4.66. The van der Waals surface area contributed by atoms with Gasteiger partial charge in [0.15, 0.2) is 11.9 Å². The van der Waals surface area contributed by atoms with Crippen molar-refractivity contribution in [3.63, 3.8) is 0 Å². The van der Waals surface area contributed by atoms with E-state index in [4.69, 9.17) is 16.6 Å². The molecule has 8 nitrogen and oxygen atoms in total. The van der Waals surface area contributed by atoms with Gasteiger partial charge in [-0.3, -0.25) is 15.6 Å². The Hall–Kier alpha value is -4.35. The number of halogens is 4. The van der Waals surface area contributed by atoms with Crippen LogP contribution in [0.4, 0.5) is 23.2 Å². The normalized spacial score (nSPS) is 15.8. The summed E-state index contributed by atoms with van der Waals surface area (Å²) >= 11 is 0. The molecule has 2 aromatic rings. The van der Waals surface area contributed by atoms with Crippen molar-refractivity contribution in [2.45, 2.75) is 19.0 Å². The summed E-state index contributed by atoms with van der Waals surface area (Å²) in [6.07, 6.45) is -0.454. The van der Waals surface area contributed by atoms with E-state index in [0.29, 0.717) is 50.2 Å². The smallest absolute Gasteiger partial charge is 0.370 e. The van der Waals surface area contributed by atoms with E-state index >= 15 is 0 Å². The van der Waals surface area contributed by atoms with E-state index in [9.17, 15) is 22.4 Å². The second-order valence-corrected chi connectivity index (χ2v) is 9.24. The number of hydrogen-bond acceptors (Lipinski definition) is 3. The van der Waals surface area contributed by atoms with Gasteiger partial charge in [0.25, 0.3) is 5.91 Å². The highest BCUT2D eigenvalue weighted by molar-refractivity contribution is 6.04. The third-order valence-electron chi connectivity index (χ3n) is 6.82. The maximum atomic E-state index is 14.9. The lowest BCUT2D eigenvalue weighted by Crippen LogP contribution is -2.41. The number of carbonyl (C=O) groups excluding carboxylic acids is 1. The van der Waals surface area contributed by atoms with Crippen molar-refractivity contribution in [1.29, 1.82) is 10.8 Å². The fourth-order valence-corrected chi connectivity index (χ4v) is 4.66. The number of rotatable bonds is 4. The van der Waals surface area contributed by atoms with Gasteiger partial charge in [0, 0.05) is 50.0 Å². The molecule has 0 fully saturated rings. The highest BCUT2D eigenvalue weighted by Crippen LogP contribution is 2.37. The van der Waals surface area contributed by atoms with Crippen LogP contribution in [0.5, 0.6) is 0 Å². The lowest BCUT2D eigenvalue weighted by atomic mass is 9.93. The summed E-state index contributed by atoms with van der Waals surface area (Å²) in [7, 11) is 1.61. The van der Waals surface area contributed by atoms with Gasteiger partial charge < -0.3 is 26.2 Å². The van der Waals surface area contributed by atoms with Gasteiger partial charge >= 0.3 is 6.18 Å². The van der Waals surface area contributed by atoms with Gasteiger partial charge in [-0.25, -0.2) is 4.39 Å². The third kappa shape index (κ3) is 6.21. The largest absolute Gasteiger partial charge is 0.417 e. The monoisotopic (exact) mass is 543 g/mol. The number of nitrogens with one attached hydrogen (secondary N) is 4. The van der Waals surface area contributed by atoms with Crippen molar-refractivity contribution in [2.24, 2.45) is 5.73 Å². The fraction of sp³-hybridized carbons (Fsp3) is 0.296. The molecule has 0 spiro atoms. The topological polar surface area (TPSA) is 121 Å². The van der Waals surface area contributed by atoms with Crippen LogP contribution in [0.3, 0.4) is 0 Å². The molecule has 0 atom stereocenters. The molecule has 2 aliphatic heterocycles. The second kappa shape index (κ2) is 11.2. The van der Waals surface area contributed by atoms with Crippen molar-refractivity contribution in [3.8, 4) is 0 Å². The van der Waals surface area contributed by atoms with E-state index in [1.165, 1.54) is 24.3 Å². The minimum absolute atomic E-state index is 0.00539. The molecule has 0 saturated heterocycles. The van der Waals surface area contributed by atoms with Gasteiger partial charge in [0.1, 0.15) is 5.82 Å². The summed E-state index contributed by atoms with van der Waals surface area (Å²) in [6.45, 7) is 1.54. The second-order valence-electron chi connectivity index (χ2n) is 9.24. The maximum absolute atomic E-state index is 14.9. The lowest BCUT2D eigenvalue weighted by molar-refractivity contribution is -0.137. The van der Waals surface area contributed by atoms with E-state index in [2.05, 4.69) is 10.6 Å². The van der Waals surface area contributed by atoms with Crippen LogP contribution in [-0.4, -0.2) is 60.9 Å². The summed E-state index contributed by atoms with van der Waals surface area (Å²) in [5.74, 6) is -1.24. The van der Waals surface area contributed by atoms with Crippen molar-refractivity contribution < 1.29 is 22.4 Å². The Bertz CT molecular complexity index is 1370. The zero-order chi connectivity index (χ0) is 28.3. The SMILES string of the molecule is CNC(=N)N1CC=C(c2ccc(C(=O)Nc3ccc(C4=CCN(C(=N)N)CC4)c(F)c3)cc2C(F)(F)F)CC1. The molecule has 6 N–H and O–H groups in total. The van der Waals surface area contributed by atoms with Gasteiger partial charge in [-0.15, -0.1) is 0 Å². The van der Waals surface area contributed by atoms with Gasteiger partial charge in [-0.05, 0) is 59.9 Å². The van der Waals surface area contributed by atoms with Crippen LogP contribution in [0, 0.1) is 16.6 Å². The molecule has 0 aliphatic carbocycles. The van der Waals surface area contributed by atoms with Crippen molar-refractivity contribution in [1.82, 2.24) is 15.1 Å². The van der Waals surface area contributed by atoms with Crippen LogP contribution >= 0.6 is 0 Å². The molecule has 12 heteroatoms. The molecule has 0 bridgehead atoms. The Morgan fingerprint density at radius 1 is 0.949 bits per heavy atom. The Labute approximate surface area is 223 Å². The van der Waals surface area contributed by atoms with Gasteiger partial charge in [0.2, 0.25) is 0 Å². The molecular weight excluding hydrogens is 514 g/mol. The van der Waals surface area contributed by atoms with Crippen LogP contribution in [-0.2, 0) is 6.18 Å². The van der Waals surface area contributed by atoms with Crippen molar-refractivity contribution in [2.75, 3.05) is 38.5 Å². The predicted octanol–water partition coefficient (Wildman–Crippen LogP) is 4.32. The number of hydrogen-bond donors (Lipinski definition) is 5. The van der Waals surface area contributed by atoms with E-state index in [1.807, 2.05) is 0 Å². The zero-order valence-corrected chi connectivity index (χ0v) is 21.3. The first kappa shape index (κ1) is 27.7. The molecule has 1 amide bonds. The molecule has 0 radical (unpaired) electrons. The Morgan fingerprint density at radius 3 is 2.10 bits per heavy atom. The van der Waals surface area contributed by atoms with Crippen molar-refractivity contribution in [3.05, 3.63) is 76.6 Å². The zero-order valence-electron chi connectivity index (χ0n) is 21.3. The Kier molecular flexibility index (Phi) is 7.93. The molecule has 2 heterocycles. The third-order valence-corrected chi connectivity index (χ3v) is 6.82. The van der Waals surface area contributed by atoms with Crippen LogP contribution in [0.15, 0.2) is 48.6 Å². The number of benzene rings is 2. The molecule has 2 aromatic carbocycles. The first-order valence-electron chi connectivity index (χ1n) is 12.3. The van der Waals surface area contributed by atoms with Gasteiger partial charge in [0.05, 0.1) is 5.56 Å². The molecule has 0 aromatic heterocycles. The molecule has 0 saturated carbocycles. The summed E-state index contributed by atoms with van der Waals surface area (Å²) in [4.78, 5) is 16.2. The first-order valence-corrected chi connectivity index (χ1v) is 12.3. The standard InChI is InChI=1S/C27H29F4N7O/c1-35-26(34)38-12-8-16(9-13-38)20-4-2-18(14-22(20)27(29,30)31)24(39)36-19-3-5-21(23(28)15-19)17-6-10-37(11-7-17)25(32)33/h2-6,8,14-15H,7,9-13H2,1H3,(H3,32,33)(H2,34,35)(H,36,39). The lowest BCUT2D eigenvalue weighted by Gasteiger charge is -2.29. The van der Waals surface area contributed by atoms with Crippen LogP contribution in [0.25, 0.3) is 11.1 Å². The van der Waals surface area contributed by atoms with E-state index in [1.54, 1.807) is 29.0 Å². The van der Waals surface area contributed by atoms with E-state index in [-0.39, 0.29) is 28.7 Å². The average Bonchev–Trinajstić information content (AvgIpc) is 2.92. The van der Waals surface area contributed by atoms with E-state index < -0.39 is 23.5 Å². The minimum atomic E-state index is -4.69. The number of nitrogens with two attached hydrogens (primary N) is 1. The van der Waals surface area contributed by atoms with E-state index in [0.717, 1.165) is 17.7 Å². The van der Waals surface area contributed by atoms with Gasteiger partial charge in [-0.1, -0.05) is 18.2 Å². The van der Waals surface area contributed by atoms with Crippen LogP contribution < -0.4 is 16.4 Å². The highest BCUT2D eigenvalue weighted by atomic mass is 19.4. The number of amides is 1. The molecule has 39 heavy (non-hydrogen) atoms. The predicted molar refractivity (Wildman–Crippen MR) is 143 cm³/mol.